The lowest BCUT2D eigenvalue weighted by molar-refractivity contribution is -0.123. The van der Waals surface area contributed by atoms with Gasteiger partial charge in [0.05, 0.1) is 0 Å². The van der Waals surface area contributed by atoms with Crippen molar-refractivity contribution in [2.45, 2.75) is 18.9 Å². The highest BCUT2D eigenvalue weighted by molar-refractivity contribution is 5.78. The average Bonchev–Trinajstić information content (AvgIpc) is 3.00. The van der Waals surface area contributed by atoms with Gasteiger partial charge in [-0.25, -0.2) is 0 Å². The third-order valence-corrected chi connectivity index (χ3v) is 1.98. The first-order chi connectivity index (χ1) is 6.84. The average molecular weight is 190 g/mol. The van der Waals surface area contributed by atoms with Crippen LogP contribution in [0.15, 0.2) is 24.3 Å². The van der Waals surface area contributed by atoms with Gasteiger partial charge in [-0.3, -0.25) is 4.79 Å². The van der Waals surface area contributed by atoms with E-state index in [-0.39, 0.29) is 12.5 Å². The molecule has 3 nitrogen and oxygen atoms in total. The highest BCUT2D eigenvalue weighted by Crippen LogP contribution is 2.18. The zero-order valence-corrected chi connectivity index (χ0v) is 7.82. The van der Waals surface area contributed by atoms with E-state index in [2.05, 4.69) is 11.4 Å². The first-order valence-corrected chi connectivity index (χ1v) is 4.73. The van der Waals surface area contributed by atoms with Gasteiger partial charge in [0.1, 0.15) is 5.75 Å². The van der Waals surface area contributed by atoms with E-state index in [9.17, 15) is 4.79 Å². The Balaban J connectivity index is 1.73. The maximum atomic E-state index is 11.2. The van der Waals surface area contributed by atoms with E-state index in [1.54, 1.807) is 12.1 Å². The molecular weight excluding hydrogens is 178 g/mol. The molecule has 1 aliphatic rings. The molecule has 0 atom stereocenters. The van der Waals surface area contributed by atoms with Crippen molar-refractivity contribution in [2.24, 2.45) is 0 Å². The van der Waals surface area contributed by atoms with Gasteiger partial charge in [-0.05, 0) is 18.9 Å². The SMILES string of the molecule is O=C(COc1[c]cccc1)NC1CC1. The van der Waals surface area contributed by atoms with E-state index in [0.29, 0.717) is 11.8 Å². The topological polar surface area (TPSA) is 38.3 Å². The monoisotopic (exact) mass is 190 g/mol. The molecule has 1 aromatic rings. The smallest absolute Gasteiger partial charge is 0.258 e. The van der Waals surface area contributed by atoms with Crippen LogP contribution in [0, 0.1) is 6.07 Å². The van der Waals surface area contributed by atoms with Gasteiger partial charge in [0.2, 0.25) is 0 Å². The Hall–Kier alpha value is -1.51. The van der Waals surface area contributed by atoms with Crippen LogP contribution in [-0.4, -0.2) is 18.6 Å². The second-order valence-electron chi connectivity index (χ2n) is 3.36. The lowest BCUT2D eigenvalue weighted by atomic mass is 10.3. The molecule has 0 heterocycles. The summed E-state index contributed by atoms with van der Waals surface area (Å²) in [6.07, 6.45) is 2.20. The summed E-state index contributed by atoms with van der Waals surface area (Å²) in [5, 5.41) is 2.85. The Bertz CT molecular complexity index is 306. The molecule has 1 aromatic carbocycles. The lowest BCUT2D eigenvalue weighted by Gasteiger charge is -2.05. The molecule has 0 aliphatic heterocycles. The van der Waals surface area contributed by atoms with E-state index in [0.717, 1.165) is 12.8 Å². The zero-order valence-electron chi connectivity index (χ0n) is 7.82. The van der Waals surface area contributed by atoms with Gasteiger partial charge in [0.25, 0.3) is 5.91 Å². The zero-order chi connectivity index (χ0) is 9.80. The third kappa shape index (κ3) is 2.76. The summed E-state index contributed by atoms with van der Waals surface area (Å²) >= 11 is 0. The Kier molecular flexibility index (Phi) is 2.68. The van der Waals surface area contributed by atoms with E-state index in [1.807, 2.05) is 12.1 Å². The molecule has 2 rings (SSSR count). The third-order valence-electron chi connectivity index (χ3n) is 1.98. The summed E-state index contributed by atoms with van der Waals surface area (Å²) in [6, 6.07) is 10.5. The van der Waals surface area contributed by atoms with Crippen molar-refractivity contribution in [3.63, 3.8) is 0 Å². The van der Waals surface area contributed by atoms with Gasteiger partial charge in [-0.2, -0.15) is 0 Å². The van der Waals surface area contributed by atoms with Crippen LogP contribution < -0.4 is 10.1 Å². The quantitative estimate of drug-likeness (QED) is 0.773. The molecule has 1 amide bonds. The van der Waals surface area contributed by atoms with Crippen molar-refractivity contribution < 1.29 is 9.53 Å². The van der Waals surface area contributed by atoms with Crippen LogP contribution in [0.5, 0.6) is 5.75 Å². The number of hydrogen-bond donors (Lipinski definition) is 1. The summed E-state index contributed by atoms with van der Waals surface area (Å²) in [4.78, 5) is 11.2. The minimum Gasteiger partial charge on any atom is -0.483 e. The van der Waals surface area contributed by atoms with Gasteiger partial charge >= 0.3 is 0 Å². The molecule has 1 radical (unpaired) electrons. The normalized spacial score (nSPS) is 14.9. The maximum Gasteiger partial charge on any atom is 0.258 e. The standard InChI is InChI=1S/C11H12NO2/c13-11(12-9-6-7-9)8-14-10-4-2-1-3-5-10/h1-4,9H,6-8H2,(H,12,13). The fourth-order valence-electron chi connectivity index (χ4n) is 1.11. The number of nitrogens with one attached hydrogen (secondary N) is 1. The van der Waals surface area contributed by atoms with Crippen molar-refractivity contribution in [3.05, 3.63) is 30.3 Å². The number of benzene rings is 1. The van der Waals surface area contributed by atoms with Crippen LogP contribution in [0.3, 0.4) is 0 Å². The number of carbonyl (C=O) groups is 1. The molecule has 73 valence electrons. The highest BCUT2D eigenvalue weighted by atomic mass is 16.5. The molecule has 1 aliphatic carbocycles. The fraction of sp³-hybridized carbons (Fsp3) is 0.364. The molecule has 3 heteroatoms. The number of para-hydroxylation sites is 1. The lowest BCUT2D eigenvalue weighted by Crippen LogP contribution is -2.30. The van der Waals surface area contributed by atoms with Crippen LogP contribution in [0.1, 0.15) is 12.8 Å². The van der Waals surface area contributed by atoms with Crippen LogP contribution in [0.2, 0.25) is 0 Å². The largest absolute Gasteiger partial charge is 0.483 e. The van der Waals surface area contributed by atoms with Crippen molar-refractivity contribution in [1.29, 1.82) is 0 Å². The second kappa shape index (κ2) is 4.13. The van der Waals surface area contributed by atoms with Gasteiger partial charge in [0, 0.05) is 12.1 Å². The van der Waals surface area contributed by atoms with Gasteiger partial charge in [0.15, 0.2) is 6.61 Å². The summed E-state index contributed by atoms with van der Waals surface area (Å²) in [5.41, 5.74) is 0. The van der Waals surface area contributed by atoms with Crippen LogP contribution >= 0.6 is 0 Å². The molecule has 0 saturated heterocycles. The molecule has 0 bridgehead atoms. The summed E-state index contributed by atoms with van der Waals surface area (Å²) in [5.74, 6) is 0.559. The first-order valence-electron chi connectivity index (χ1n) is 4.73. The van der Waals surface area contributed by atoms with E-state index in [4.69, 9.17) is 4.74 Å². The van der Waals surface area contributed by atoms with Gasteiger partial charge in [-0.15, -0.1) is 0 Å². The molecule has 0 unspecified atom stereocenters. The summed E-state index contributed by atoms with van der Waals surface area (Å²) in [6.45, 7) is 0.0804. The van der Waals surface area contributed by atoms with Crippen LogP contribution in [-0.2, 0) is 4.79 Å². The number of carbonyl (C=O) groups excluding carboxylic acids is 1. The van der Waals surface area contributed by atoms with Crippen LogP contribution in [0.25, 0.3) is 0 Å². The van der Waals surface area contributed by atoms with Crippen molar-refractivity contribution in [2.75, 3.05) is 6.61 Å². The number of amides is 1. The van der Waals surface area contributed by atoms with E-state index in [1.165, 1.54) is 0 Å². The molecule has 0 spiro atoms. The molecule has 14 heavy (non-hydrogen) atoms. The molecule has 1 N–H and O–H groups in total. The second-order valence-corrected chi connectivity index (χ2v) is 3.36. The fourth-order valence-corrected chi connectivity index (χ4v) is 1.11. The Morgan fingerprint density at radius 3 is 3.07 bits per heavy atom. The first kappa shape index (κ1) is 9.06. The minimum absolute atomic E-state index is 0.0512. The highest BCUT2D eigenvalue weighted by Gasteiger charge is 2.23. The van der Waals surface area contributed by atoms with Crippen molar-refractivity contribution in [3.8, 4) is 5.75 Å². The van der Waals surface area contributed by atoms with Crippen molar-refractivity contribution in [1.82, 2.24) is 5.32 Å². The Morgan fingerprint density at radius 1 is 1.57 bits per heavy atom. The molecule has 1 fully saturated rings. The van der Waals surface area contributed by atoms with E-state index >= 15 is 0 Å². The molecule has 1 saturated carbocycles. The predicted octanol–water partition coefficient (Wildman–Crippen LogP) is 1.14. The van der Waals surface area contributed by atoms with Gasteiger partial charge < -0.3 is 10.1 Å². The molecular formula is C11H12NO2. The number of hydrogen-bond acceptors (Lipinski definition) is 2. The number of rotatable bonds is 4. The van der Waals surface area contributed by atoms with Gasteiger partial charge in [-0.1, -0.05) is 18.2 Å². The summed E-state index contributed by atoms with van der Waals surface area (Å²) in [7, 11) is 0. The Labute approximate surface area is 83.1 Å². The minimum atomic E-state index is -0.0512. The van der Waals surface area contributed by atoms with Crippen molar-refractivity contribution >= 4 is 5.91 Å². The Morgan fingerprint density at radius 2 is 2.43 bits per heavy atom. The maximum absolute atomic E-state index is 11.2. The number of ether oxygens (including phenoxy) is 1. The van der Waals surface area contributed by atoms with E-state index < -0.39 is 0 Å². The van der Waals surface area contributed by atoms with Crippen LogP contribution in [0.4, 0.5) is 0 Å². The summed E-state index contributed by atoms with van der Waals surface area (Å²) < 4.78 is 5.23. The predicted molar refractivity (Wildman–Crippen MR) is 51.9 cm³/mol. The molecule has 0 aromatic heterocycles.